The molecule has 0 saturated heterocycles. The van der Waals surface area contributed by atoms with Crippen molar-refractivity contribution in [3.8, 4) is 0 Å². The van der Waals surface area contributed by atoms with Crippen LogP contribution < -0.4 is 5.73 Å². The first kappa shape index (κ1) is 10.2. The zero-order chi connectivity index (χ0) is 11.1. The van der Waals surface area contributed by atoms with Gasteiger partial charge in [0.05, 0.1) is 6.26 Å². The van der Waals surface area contributed by atoms with E-state index < -0.39 is 0 Å². The molecular weight excluding hydrogens is 193 g/mol. The van der Waals surface area contributed by atoms with Gasteiger partial charge in [0.15, 0.2) is 0 Å². The predicted molar refractivity (Wildman–Crippen MR) is 58.1 cm³/mol. The Hall–Kier alpha value is -1.35. The summed E-state index contributed by atoms with van der Waals surface area (Å²) in [5.74, 6) is -0.247. The average Bonchev–Trinajstić information content (AvgIpc) is 2.48. The molecule has 1 aromatic carbocycles. The van der Waals surface area contributed by atoms with Crippen LogP contribution in [0.5, 0.6) is 0 Å². The van der Waals surface area contributed by atoms with E-state index in [9.17, 15) is 4.39 Å². The summed E-state index contributed by atoms with van der Waals surface area (Å²) < 4.78 is 18.6. The first-order valence-corrected chi connectivity index (χ1v) is 4.90. The molecule has 0 spiro atoms. The summed E-state index contributed by atoms with van der Waals surface area (Å²) >= 11 is 0. The van der Waals surface area contributed by atoms with Gasteiger partial charge in [-0.3, -0.25) is 0 Å². The van der Waals surface area contributed by atoms with E-state index in [-0.39, 0.29) is 11.4 Å². The Labute approximate surface area is 87.9 Å². The summed E-state index contributed by atoms with van der Waals surface area (Å²) in [5, 5.41) is 0.786. The number of rotatable bonds is 2. The van der Waals surface area contributed by atoms with Crippen molar-refractivity contribution in [2.24, 2.45) is 5.73 Å². The minimum Gasteiger partial charge on any atom is -0.464 e. The van der Waals surface area contributed by atoms with Crippen molar-refractivity contribution in [3.05, 3.63) is 35.8 Å². The van der Waals surface area contributed by atoms with Gasteiger partial charge in [0.1, 0.15) is 11.4 Å². The van der Waals surface area contributed by atoms with Crippen molar-refractivity contribution >= 4 is 11.0 Å². The molecule has 2 nitrogen and oxygen atoms in total. The van der Waals surface area contributed by atoms with Gasteiger partial charge < -0.3 is 10.2 Å². The second-order valence-corrected chi connectivity index (χ2v) is 4.57. The Morgan fingerprint density at radius 3 is 2.80 bits per heavy atom. The Balaban J connectivity index is 2.53. The van der Waals surface area contributed by atoms with Gasteiger partial charge in [-0.15, -0.1) is 0 Å². The minimum atomic E-state index is -0.368. The molecule has 0 saturated carbocycles. The second-order valence-electron chi connectivity index (χ2n) is 4.57. The van der Waals surface area contributed by atoms with E-state index in [0.29, 0.717) is 6.42 Å². The quantitative estimate of drug-likeness (QED) is 0.822. The fourth-order valence-electron chi connectivity index (χ4n) is 1.74. The number of hydrogen-bond acceptors (Lipinski definition) is 2. The van der Waals surface area contributed by atoms with Crippen molar-refractivity contribution in [2.45, 2.75) is 25.8 Å². The molecule has 2 rings (SSSR count). The van der Waals surface area contributed by atoms with Gasteiger partial charge >= 0.3 is 0 Å². The van der Waals surface area contributed by atoms with Gasteiger partial charge in [-0.2, -0.15) is 0 Å². The molecule has 0 aliphatic heterocycles. The Bertz CT molecular complexity index is 482. The molecule has 0 bridgehead atoms. The van der Waals surface area contributed by atoms with Crippen LogP contribution in [0.15, 0.2) is 28.9 Å². The molecule has 0 atom stereocenters. The summed E-state index contributed by atoms with van der Waals surface area (Å²) in [4.78, 5) is 0. The fraction of sp³-hybridized carbons (Fsp3) is 0.333. The molecule has 80 valence electrons. The highest BCUT2D eigenvalue weighted by molar-refractivity contribution is 5.80. The molecule has 1 heterocycles. The maximum absolute atomic E-state index is 13.3. The van der Waals surface area contributed by atoms with Gasteiger partial charge in [0.2, 0.25) is 0 Å². The molecule has 0 radical (unpaired) electrons. The molecule has 2 aromatic rings. The van der Waals surface area contributed by atoms with Crippen LogP contribution in [0.3, 0.4) is 0 Å². The lowest BCUT2D eigenvalue weighted by atomic mass is 9.95. The number of benzene rings is 1. The van der Waals surface area contributed by atoms with Crippen LogP contribution in [0.1, 0.15) is 19.4 Å². The molecule has 0 amide bonds. The van der Waals surface area contributed by atoms with Crippen LogP contribution in [0, 0.1) is 5.82 Å². The fourth-order valence-corrected chi connectivity index (χ4v) is 1.74. The summed E-state index contributed by atoms with van der Waals surface area (Å²) in [7, 11) is 0. The lowest BCUT2D eigenvalue weighted by molar-refractivity contribution is 0.509. The molecule has 0 fully saturated rings. The molecular formula is C12H14FNO. The normalized spacial score (nSPS) is 12.3. The molecule has 1 aromatic heterocycles. The van der Waals surface area contributed by atoms with Crippen molar-refractivity contribution in [1.29, 1.82) is 0 Å². The van der Waals surface area contributed by atoms with Crippen LogP contribution in [-0.2, 0) is 6.42 Å². The molecule has 0 aliphatic carbocycles. The van der Waals surface area contributed by atoms with Crippen molar-refractivity contribution in [3.63, 3.8) is 0 Å². The highest BCUT2D eigenvalue weighted by Gasteiger charge is 2.16. The van der Waals surface area contributed by atoms with Crippen LogP contribution >= 0.6 is 0 Å². The van der Waals surface area contributed by atoms with E-state index in [4.69, 9.17) is 10.2 Å². The summed E-state index contributed by atoms with van der Waals surface area (Å²) in [6.07, 6.45) is 2.16. The van der Waals surface area contributed by atoms with Crippen LogP contribution in [0.2, 0.25) is 0 Å². The van der Waals surface area contributed by atoms with E-state index in [0.717, 1.165) is 16.5 Å². The SMILES string of the molecule is CC(C)(N)Cc1cc(F)cc2ccoc12. The van der Waals surface area contributed by atoms with Crippen molar-refractivity contribution < 1.29 is 8.81 Å². The smallest absolute Gasteiger partial charge is 0.137 e. The maximum Gasteiger partial charge on any atom is 0.137 e. The van der Waals surface area contributed by atoms with Gasteiger partial charge in [0, 0.05) is 16.5 Å². The Morgan fingerprint density at radius 1 is 1.40 bits per heavy atom. The Morgan fingerprint density at radius 2 is 2.13 bits per heavy atom. The van der Waals surface area contributed by atoms with Crippen LogP contribution in [0.25, 0.3) is 11.0 Å². The lowest BCUT2D eigenvalue weighted by Gasteiger charge is -2.18. The second kappa shape index (κ2) is 3.35. The third kappa shape index (κ3) is 2.18. The molecule has 2 N–H and O–H groups in total. The van der Waals surface area contributed by atoms with Crippen LogP contribution in [-0.4, -0.2) is 5.54 Å². The minimum absolute atomic E-state index is 0.247. The number of nitrogens with two attached hydrogens (primary N) is 1. The van der Waals surface area contributed by atoms with Gasteiger partial charge in [-0.25, -0.2) is 4.39 Å². The maximum atomic E-state index is 13.3. The van der Waals surface area contributed by atoms with Crippen molar-refractivity contribution in [2.75, 3.05) is 0 Å². The molecule has 3 heteroatoms. The van der Waals surface area contributed by atoms with E-state index >= 15 is 0 Å². The predicted octanol–water partition coefficient (Wildman–Crippen LogP) is 2.85. The molecule has 0 unspecified atom stereocenters. The van der Waals surface area contributed by atoms with E-state index in [1.807, 2.05) is 13.8 Å². The van der Waals surface area contributed by atoms with E-state index in [2.05, 4.69) is 0 Å². The average molecular weight is 207 g/mol. The zero-order valence-corrected chi connectivity index (χ0v) is 8.88. The van der Waals surface area contributed by atoms with Gasteiger partial charge in [-0.1, -0.05) is 0 Å². The topological polar surface area (TPSA) is 39.2 Å². The summed E-state index contributed by atoms with van der Waals surface area (Å²) in [5.41, 5.74) is 7.10. The highest BCUT2D eigenvalue weighted by atomic mass is 19.1. The number of halogens is 1. The summed E-state index contributed by atoms with van der Waals surface area (Å²) in [6.45, 7) is 3.82. The standard InChI is InChI=1S/C12H14FNO/c1-12(2,14)7-9-6-10(13)5-8-3-4-15-11(8)9/h3-6H,7,14H2,1-2H3. The van der Waals surface area contributed by atoms with Gasteiger partial charge in [0.25, 0.3) is 0 Å². The van der Waals surface area contributed by atoms with Gasteiger partial charge in [-0.05, 0) is 38.5 Å². The summed E-state index contributed by atoms with van der Waals surface area (Å²) in [6, 6.07) is 4.71. The monoisotopic (exact) mass is 207 g/mol. The van der Waals surface area contributed by atoms with E-state index in [1.54, 1.807) is 12.3 Å². The van der Waals surface area contributed by atoms with Crippen LogP contribution in [0.4, 0.5) is 4.39 Å². The third-order valence-electron chi connectivity index (χ3n) is 2.24. The largest absolute Gasteiger partial charge is 0.464 e. The number of fused-ring (bicyclic) bond motifs is 1. The Kier molecular flexibility index (Phi) is 2.27. The highest BCUT2D eigenvalue weighted by Crippen LogP contribution is 2.24. The molecule has 0 aliphatic rings. The first-order valence-electron chi connectivity index (χ1n) is 4.90. The number of furan rings is 1. The first-order chi connectivity index (χ1) is 6.96. The zero-order valence-electron chi connectivity index (χ0n) is 8.88. The number of hydrogen-bond donors (Lipinski definition) is 1. The van der Waals surface area contributed by atoms with Crippen molar-refractivity contribution in [1.82, 2.24) is 0 Å². The molecule has 15 heavy (non-hydrogen) atoms. The van der Waals surface area contributed by atoms with E-state index in [1.165, 1.54) is 12.1 Å². The lowest BCUT2D eigenvalue weighted by Crippen LogP contribution is -2.34. The third-order valence-corrected chi connectivity index (χ3v) is 2.24.